The molecule has 1 heterocycles. The smallest absolute Gasteiger partial charge is 0.232 e. The van der Waals surface area contributed by atoms with Crippen molar-refractivity contribution in [1.82, 2.24) is 4.90 Å². The number of likely N-dealkylation sites (tertiary alicyclic amines) is 1. The van der Waals surface area contributed by atoms with E-state index in [1.54, 1.807) is 0 Å². The maximum atomic E-state index is 11.8. The Hall–Kier alpha value is -0.750. The molecule has 1 aliphatic heterocycles. The van der Waals surface area contributed by atoms with E-state index in [4.69, 9.17) is 11.6 Å². The van der Waals surface area contributed by atoms with Gasteiger partial charge in [-0.05, 0) is 17.7 Å². The van der Waals surface area contributed by atoms with Gasteiger partial charge >= 0.3 is 0 Å². The molecule has 1 aromatic rings. The van der Waals surface area contributed by atoms with Crippen LogP contribution < -0.4 is 0 Å². The van der Waals surface area contributed by atoms with Gasteiger partial charge < -0.3 is 15.1 Å². The third-order valence-corrected chi connectivity index (χ3v) is 4.26. The van der Waals surface area contributed by atoms with Crippen molar-refractivity contribution in [1.29, 1.82) is 0 Å². The van der Waals surface area contributed by atoms with Crippen LogP contribution in [-0.2, 0) is 10.5 Å². The van der Waals surface area contributed by atoms with Crippen LogP contribution in [0.4, 0.5) is 0 Å². The SMILES string of the molecule is O=C(CSCc1ccc(Cl)cc1)N1CC(O)C(O)C1. The van der Waals surface area contributed by atoms with Crippen LogP contribution in [0.3, 0.4) is 0 Å². The molecule has 4 nitrogen and oxygen atoms in total. The first-order valence-electron chi connectivity index (χ1n) is 6.02. The average molecular weight is 302 g/mol. The summed E-state index contributed by atoms with van der Waals surface area (Å²) in [6, 6.07) is 7.52. The van der Waals surface area contributed by atoms with Crippen molar-refractivity contribution in [2.24, 2.45) is 0 Å². The van der Waals surface area contributed by atoms with Crippen LogP contribution in [0.5, 0.6) is 0 Å². The highest BCUT2D eigenvalue weighted by Crippen LogP contribution is 2.17. The monoisotopic (exact) mass is 301 g/mol. The molecule has 2 N–H and O–H groups in total. The fourth-order valence-corrected chi connectivity index (χ4v) is 2.91. The van der Waals surface area contributed by atoms with Gasteiger partial charge in [0.05, 0.1) is 18.0 Å². The van der Waals surface area contributed by atoms with Crippen molar-refractivity contribution in [2.75, 3.05) is 18.8 Å². The number of carbonyl (C=O) groups is 1. The normalized spacial score (nSPS) is 22.8. The van der Waals surface area contributed by atoms with Crippen LogP contribution in [0, 0.1) is 0 Å². The van der Waals surface area contributed by atoms with Gasteiger partial charge in [0.1, 0.15) is 0 Å². The number of nitrogens with zero attached hydrogens (tertiary/aromatic N) is 1. The molecular weight excluding hydrogens is 286 g/mol. The summed E-state index contributed by atoms with van der Waals surface area (Å²) in [5, 5.41) is 19.5. The largest absolute Gasteiger partial charge is 0.388 e. The number of aliphatic hydroxyl groups is 2. The Kier molecular flexibility index (Phi) is 5.10. The second-order valence-corrected chi connectivity index (χ2v) is 5.97. The Balaban J connectivity index is 1.74. The topological polar surface area (TPSA) is 60.8 Å². The molecule has 0 radical (unpaired) electrons. The Morgan fingerprint density at radius 2 is 1.84 bits per heavy atom. The van der Waals surface area contributed by atoms with Gasteiger partial charge in [0, 0.05) is 23.9 Å². The minimum Gasteiger partial charge on any atom is -0.388 e. The van der Waals surface area contributed by atoms with Crippen LogP contribution in [0.25, 0.3) is 0 Å². The highest BCUT2D eigenvalue weighted by Gasteiger charge is 2.32. The minimum atomic E-state index is -0.815. The van der Waals surface area contributed by atoms with Gasteiger partial charge in [0.2, 0.25) is 5.91 Å². The lowest BCUT2D eigenvalue weighted by Gasteiger charge is -2.14. The Bertz CT molecular complexity index is 430. The average Bonchev–Trinajstić information content (AvgIpc) is 2.72. The first-order chi connectivity index (χ1) is 9.06. The van der Waals surface area contributed by atoms with Gasteiger partial charge in [-0.2, -0.15) is 0 Å². The maximum Gasteiger partial charge on any atom is 0.232 e. The molecule has 19 heavy (non-hydrogen) atoms. The summed E-state index contributed by atoms with van der Waals surface area (Å²) in [4.78, 5) is 13.3. The molecule has 0 saturated carbocycles. The van der Waals surface area contributed by atoms with Crippen LogP contribution in [-0.4, -0.2) is 52.1 Å². The van der Waals surface area contributed by atoms with Gasteiger partial charge in [0.15, 0.2) is 0 Å². The number of benzene rings is 1. The Morgan fingerprint density at radius 3 is 2.42 bits per heavy atom. The van der Waals surface area contributed by atoms with Crippen LogP contribution in [0.1, 0.15) is 5.56 Å². The van der Waals surface area contributed by atoms with E-state index in [-0.39, 0.29) is 19.0 Å². The number of aliphatic hydroxyl groups excluding tert-OH is 2. The summed E-state index contributed by atoms with van der Waals surface area (Å²) in [6.07, 6.45) is -1.63. The molecule has 2 atom stereocenters. The third-order valence-electron chi connectivity index (χ3n) is 3.02. The highest BCUT2D eigenvalue weighted by atomic mass is 35.5. The predicted octanol–water partition coefficient (Wildman–Crippen LogP) is 1.14. The maximum absolute atomic E-state index is 11.8. The Labute approximate surface area is 121 Å². The molecule has 1 amide bonds. The number of rotatable bonds is 4. The lowest BCUT2D eigenvalue weighted by atomic mass is 10.2. The summed E-state index contributed by atoms with van der Waals surface area (Å²) in [5.74, 6) is 1.04. The molecule has 6 heteroatoms. The van der Waals surface area contributed by atoms with Crippen molar-refractivity contribution >= 4 is 29.3 Å². The van der Waals surface area contributed by atoms with Gasteiger partial charge in [-0.15, -0.1) is 11.8 Å². The Morgan fingerprint density at radius 1 is 1.26 bits per heavy atom. The van der Waals surface area contributed by atoms with Crippen molar-refractivity contribution in [2.45, 2.75) is 18.0 Å². The van der Waals surface area contributed by atoms with Crippen molar-refractivity contribution in [3.05, 3.63) is 34.9 Å². The summed E-state index contributed by atoms with van der Waals surface area (Å²) in [7, 11) is 0. The number of halogens is 1. The fraction of sp³-hybridized carbons (Fsp3) is 0.462. The van der Waals surface area contributed by atoms with E-state index in [2.05, 4.69) is 0 Å². The lowest BCUT2D eigenvalue weighted by Crippen LogP contribution is -2.31. The summed E-state index contributed by atoms with van der Waals surface area (Å²) in [5.41, 5.74) is 1.11. The van der Waals surface area contributed by atoms with Gasteiger partial charge in [-0.25, -0.2) is 0 Å². The fourth-order valence-electron chi connectivity index (χ4n) is 1.90. The molecule has 0 aromatic heterocycles. The van der Waals surface area contributed by atoms with E-state index in [0.717, 1.165) is 11.3 Å². The van der Waals surface area contributed by atoms with Crippen molar-refractivity contribution < 1.29 is 15.0 Å². The molecule has 2 unspecified atom stereocenters. The van der Waals surface area contributed by atoms with E-state index in [1.165, 1.54) is 16.7 Å². The zero-order chi connectivity index (χ0) is 13.8. The van der Waals surface area contributed by atoms with Gasteiger partial charge in [-0.3, -0.25) is 4.79 Å². The zero-order valence-electron chi connectivity index (χ0n) is 10.3. The highest BCUT2D eigenvalue weighted by molar-refractivity contribution is 7.99. The second kappa shape index (κ2) is 6.61. The first kappa shape index (κ1) is 14.7. The van der Waals surface area contributed by atoms with Crippen LogP contribution >= 0.6 is 23.4 Å². The van der Waals surface area contributed by atoms with E-state index in [1.807, 2.05) is 24.3 Å². The van der Waals surface area contributed by atoms with E-state index < -0.39 is 12.2 Å². The molecular formula is C13H16ClNO3S. The third kappa shape index (κ3) is 4.11. The number of carbonyl (C=O) groups excluding carboxylic acids is 1. The minimum absolute atomic E-state index is 0.0467. The molecule has 104 valence electrons. The number of amides is 1. The zero-order valence-corrected chi connectivity index (χ0v) is 11.9. The summed E-state index contributed by atoms with van der Waals surface area (Å²) in [6.45, 7) is 0.447. The second-order valence-electron chi connectivity index (χ2n) is 4.55. The predicted molar refractivity (Wildman–Crippen MR) is 76.2 cm³/mol. The molecule has 1 fully saturated rings. The van der Waals surface area contributed by atoms with Gasteiger partial charge in [-0.1, -0.05) is 23.7 Å². The van der Waals surface area contributed by atoms with E-state index in [9.17, 15) is 15.0 Å². The summed E-state index contributed by atoms with van der Waals surface area (Å²) < 4.78 is 0. The summed E-state index contributed by atoms with van der Waals surface area (Å²) >= 11 is 7.31. The van der Waals surface area contributed by atoms with Crippen LogP contribution in [0.2, 0.25) is 5.02 Å². The van der Waals surface area contributed by atoms with Gasteiger partial charge in [0.25, 0.3) is 0 Å². The number of thioether (sulfide) groups is 1. The lowest BCUT2D eigenvalue weighted by molar-refractivity contribution is -0.127. The first-order valence-corrected chi connectivity index (χ1v) is 7.55. The number of β-amino-alcohol motifs (C(OH)–C–C–N with tert-alkyl or cyclic N) is 2. The molecule has 2 rings (SSSR count). The van der Waals surface area contributed by atoms with Crippen molar-refractivity contribution in [3.63, 3.8) is 0 Å². The molecule has 1 aliphatic rings. The van der Waals surface area contributed by atoms with E-state index >= 15 is 0 Å². The molecule has 0 bridgehead atoms. The number of hydrogen-bond donors (Lipinski definition) is 2. The molecule has 1 aromatic carbocycles. The quantitative estimate of drug-likeness (QED) is 0.875. The molecule has 1 saturated heterocycles. The number of hydrogen-bond acceptors (Lipinski definition) is 4. The molecule has 0 spiro atoms. The standard InChI is InChI=1S/C13H16ClNO3S/c14-10-3-1-9(2-4-10)7-19-8-13(18)15-5-11(16)12(17)6-15/h1-4,11-12,16-17H,5-8H2. The van der Waals surface area contributed by atoms with Crippen LogP contribution in [0.15, 0.2) is 24.3 Å². The van der Waals surface area contributed by atoms with Crippen molar-refractivity contribution in [3.8, 4) is 0 Å². The molecule has 0 aliphatic carbocycles. The van der Waals surface area contributed by atoms with E-state index in [0.29, 0.717) is 10.8 Å².